The minimum absolute atomic E-state index is 0.0401. The number of likely N-dealkylation sites (N-methyl/N-ethyl adjacent to an activating group) is 1. The number of carboxylic acids is 1. The van der Waals surface area contributed by atoms with E-state index in [9.17, 15) is 9.59 Å². The monoisotopic (exact) mass is 373 g/mol. The Morgan fingerprint density at radius 1 is 1.26 bits per heavy atom. The van der Waals surface area contributed by atoms with Gasteiger partial charge in [-0.25, -0.2) is 0 Å². The predicted octanol–water partition coefficient (Wildman–Crippen LogP) is 2.16. The highest BCUT2D eigenvalue weighted by atomic mass is 16.4. The Morgan fingerprint density at radius 2 is 1.96 bits per heavy atom. The van der Waals surface area contributed by atoms with Crippen LogP contribution in [0.4, 0.5) is 0 Å². The van der Waals surface area contributed by atoms with Gasteiger partial charge in [-0.1, -0.05) is 25.1 Å². The number of amides is 1. The minimum Gasteiger partial charge on any atom is -0.480 e. The van der Waals surface area contributed by atoms with Gasteiger partial charge in [0.05, 0.1) is 6.54 Å². The highest BCUT2D eigenvalue weighted by Crippen LogP contribution is 2.29. The molecule has 27 heavy (non-hydrogen) atoms. The van der Waals surface area contributed by atoms with Crippen LogP contribution in [0.25, 0.3) is 11.0 Å². The number of carboxylic acid groups (broad SMARTS) is 1. The fourth-order valence-electron chi connectivity index (χ4n) is 3.68. The number of nitrogens with one attached hydrogen (secondary N) is 1. The first kappa shape index (κ1) is 19.4. The third kappa shape index (κ3) is 4.31. The lowest BCUT2D eigenvalue weighted by Crippen LogP contribution is -2.54. The number of nitrogens with zero attached hydrogens (tertiary/aromatic N) is 2. The van der Waals surface area contributed by atoms with Crippen LogP contribution in [-0.2, 0) is 11.3 Å². The fraction of sp³-hybridized carbons (Fsp3) is 0.500. The molecule has 0 aliphatic heterocycles. The average Bonchev–Trinajstić information content (AvgIpc) is 2.94. The molecule has 1 aromatic heterocycles. The van der Waals surface area contributed by atoms with Crippen molar-refractivity contribution in [3.05, 3.63) is 35.6 Å². The Hall–Kier alpha value is -2.38. The molecular formula is C20H27N3O4. The standard InChI is InChI=1S/C20H27N3O4/c1-4-23(12-18(24)25)14-9-13(10-14)21-20(26)19-16(11-22(2)3)15-7-5-6-8-17(15)27-19/h5-8,13-14H,4,9-12H2,1-3H3,(H,21,26)(H,24,25). The molecule has 7 heteroatoms. The van der Waals surface area contributed by atoms with Crippen LogP contribution in [0.15, 0.2) is 28.7 Å². The normalized spacial score (nSPS) is 19.4. The maximum Gasteiger partial charge on any atom is 0.317 e. The number of hydrogen-bond acceptors (Lipinski definition) is 5. The van der Waals surface area contributed by atoms with Gasteiger partial charge in [-0.3, -0.25) is 14.5 Å². The molecule has 3 rings (SSSR count). The summed E-state index contributed by atoms with van der Waals surface area (Å²) in [6.45, 7) is 3.30. The molecule has 1 saturated carbocycles. The van der Waals surface area contributed by atoms with Gasteiger partial charge in [-0.15, -0.1) is 0 Å². The number of benzene rings is 1. The number of carbonyl (C=O) groups excluding carboxylic acids is 1. The van der Waals surface area contributed by atoms with Crippen molar-refractivity contribution in [1.82, 2.24) is 15.1 Å². The summed E-state index contributed by atoms with van der Waals surface area (Å²) in [6, 6.07) is 7.93. The number of hydrogen-bond donors (Lipinski definition) is 2. The summed E-state index contributed by atoms with van der Waals surface area (Å²) in [5.41, 5.74) is 1.61. The molecule has 1 aliphatic carbocycles. The van der Waals surface area contributed by atoms with Gasteiger partial charge in [-0.05, 0) is 39.5 Å². The van der Waals surface area contributed by atoms with Gasteiger partial charge in [0.15, 0.2) is 5.76 Å². The molecule has 0 atom stereocenters. The third-order valence-electron chi connectivity index (χ3n) is 5.09. The average molecular weight is 373 g/mol. The summed E-state index contributed by atoms with van der Waals surface area (Å²) in [5, 5.41) is 13.0. The van der Waals surface area contributed by atoms with Gasteiger partial charge in [0.1, 0.15) is 5.58 Å². The summed E-state index contributed by atoms with van der Waals surface area (Å²) in [5.74, 6) is -0.654. The molecular weight excluding hydrogens is 346 g/mol. The molecule has 2 aromatic rings. The Morgan fingerprint density at radius 3 is 2.59 bits per heavy atom. The SMILES string of the molecule is CCN(CC(=O)O)C1CC(NC(=O)c2oc3ccccc3c2CN(C)C)C1. The zero-order valence-electron chi connectivity index (χ0n) is 16.1. The lowest BCUT2D eigenvalue weighted by Gasteiger charge is -2.42. The molecule has 0 saturated heterocycles. The van der Waals surface area contributed by atoms with Crippen LogP contribution in [0.1, 0.15) is 35.9 Å². The van der Waals surface area contributed by atoms with Crippen LogP contribution >= 0.6 is 0 Å². The number of carbonyl (C=O) groups is 2. The quantitative estimate of drug-likeness (QED) is 0.738. The van der Waals surface area contributed by atoms with Gasteiger partial charge >= 0.3 is 5.97 Å². The van der Waals surface area contributed by atoms with Gasteiger partial charge in [0.2, 0.25) is 0 Å². The Kier molecular flexibility index (Phi) is 5.82. The summed E-state index contributed by atoms with van der Waals surface area (Å²) in [6.07, 6.45) is 1.52. The smallest absolute Gasteiger partial charge is 0.317 e. The first-order valence-electron chi connectivity index (χ1n) is 9.30. The fourth-order valence-corrected chi connectivity index (χ4v) is 3.68. The lowest BCUT2D eigenvalue weighted by molar-refractivity contribution is -0.139. The highest BCUT2D eigenvalue weighted by Gasteiger charge is 2.35. The molecule has 2 N–H and O–H groups in total. The van der Waals surface area contributed by atoms with Crippen molar-refractivity contribution < 1.29 is 19.1 Å². The van der Waals surface area contributed by atoms with E-state index in [0.29, 0.717) is 24.4 Å². The van der Waals surface area contributed by atoms with Gasteiger partial charge < -0.3 is 19.7 Å². The second kappa shape index (κ2) is 8.10. The maximum absolute atomic E-state index is 12.8. The van der Waals surface area contributed by atoms with E-state index in [-0.39, 0.29) is 24.5 Å². The lowest BCUT2D eigenvalue weighted by atomic mass is 9.85. The van der Waals surface area contributed by atoms with Crippen LogP contribution in [0.3, 0.4) is 0 Å². The number of fused-ring (bicyclic) bond motifs is 1. The molecule has 0 bridgehead atoms. The largest absolute Gasteiger partial charge is 0.480 e. The topological polar surface area (TPSA) is 86.0 Å². The van der Waals surface area contributed by atoms with Crippen molar-refractivity contribution in [3.8, 4) is 0 Å². The van der Waals surface area contributed by atoms with Crippen LogP contribution in [0.2, 0.25) is 0 Å². The zero-order chi connectivity index (χ0) is 19.6. The Bertz CT molecular complexity index is 824. The van der Waals surface area contributed by atoms with Gasteiger partial charge in [-0.2, -0.15) is 0 Å². The summed E-state index contributed by atoms with van der Waals surface area (Å²) >= 11 is 0. The molecule has 1 aromatic carbocycles. The molecule has 0 unspecified atom stereocenters. The molecule has 146 valence electrons. The van der Waals surface area contributed by atoms with E-state index in [4.69, 9.17) is 9.52 Å². The first-order chi connectivity index (χ1) is 12.9. The molecule has 1 heterocycles. The maximum atomic E-state index is 12.8. The van der Waals surface area contributed by atoms with Crippen molar-refractivity contribution in [2.45, 2.75) is 38.4 Å². The van der Waals surface area contributed by atoms with Crippen molar-refractivity contribution in [2.24, 2.45) is 0 Å². The molecule has 0 radical (unpaired) electrons. The Labute approximate surface area is 158 Å². The minimum atomic E-state index is -0.820. The van der Waals surface area contributed by atoms with Crippen LogP contribution in [0, 0.1) is 0 Å². The highest BCUT2D eigenvalue weighted by molar-refractivity contribution is 5.99. The van der Waals surface area contributed by atoms with Crippen molar-refractivity contribution in [1.29, 1.82) is 0 Å². The second-order valence-electron chi connectivity index (χ2n) is 7.40. The van der Waals surface area contributed by atoms with E-state index in [0.717, 1.165) is 23.8 Å². The number of para-hydroxylation sites is 1. The van der Waals surface area contributed by atoms with E-state index in [1.54, 1.807) is 0 Å². The van der Waals surface area contributed by atoms with E-state index in [1.807, 2.05) is 55.1 Å². The number of aliphatic carboxylic acids is 1. The molecule has 1 fully saturated rings. The molecule has 1 aliphatic rings. The second-order valence-corrected chi connectivity index (χ2v) is 7.40. The number of furan rings is 1. The predicted molar refractivity (Wildman–Crippen MR) is 103 cm³/mol. The Balaban J connectivity index is 1.68. The van der Waals surface area contributed by atoms with E-state index < -0.39 is 5.97 Å². The molecule has 1 amide bonds. The summed E-state index contributed by atoms with van der Waals surface area (Å²) in [7, 11) is 3.92. The van der Waals surface area contributed by atoms with Gasteiger partial charge in [0, 0.05) is 29.6 Å². The van der Waals surface area contributed by atoms with Crippen LogP contribution < -0.4 is 5.32 Å². The van der Waals surface area contributed by atoms with Gasteiger partial charge in [0.25, 0.3) is 5.91 Å². The van der Waals surface area contributed by atoms with E-state index in [2.05, 4.69) is 5.32 Å². The van der Waals surface area contributed by atoms with E-state index in [1.165, 1.54) is 0 Å². The molecule has 0 spiro atoms. The van der Waals surface area contributed by atoms with E-state index >= 15 is 0 Å². The van der Waals surface area contributed by atoms with Crippen molar-refractivity contribution in [2.75, 3.05) is 27.2 Å². The van der Waals surface area contributed by atoms with Crippen LogP contribution in [0.5, 0.6) is 0 Å². The number of rotatable bonds is 8. The first-order valence-corrected chi connectivity index (χ1v) is 9.30. The zero-order valence-corrected chi connectivity index (χ0v) is 16.1. The molecule has 7 nitrogen and oxygen atoms in total. The third-order valence-corrected chi connectivity index (χ3v) is 5.09. The van der Waals surface area contributed by atoms with Crippen molar-refractivity contribution >= 4 is 22.8 Å². The summed E-state index contributed by atoms with van der Waals surface area (Å²) in [4.78, 5) is 27.7. The van der Waals surface area contributed by atoms with Crippen molar-refractivity contribution in [3.63, 3.8) is 0 Å². The summed E-state index contributed by atoms with van der Waals surface area (Å²) < 4.78 is 5.85. The van der Waals surface area contributed by atoms with Crippen LogP contribution in [-0.4, -0.2) is 66.1 Å².